The van der Waals surface area contributed by atoms with Crippen molar-refractivity contribution in [3.8, 4) is 0 Å². The molecule has 5 rings (SSSR count). The van der Waals surface area contributed by atoms with E-state index in [9.17, 15) is 9.50 Å². The van der Waals surface area contributed by atoms with Crippen LogP contribution in [0.3, 0.4) is 0 Å². The number of nitrogens with zero attached hydrogens (tertiary/aromatic N) is 3. The summed E-state index contributed by atoms with van der Waals surface area (Å²) in [6.45, 7) is 5.07. The third-order valence-corrected chi connectivity index (χ3v) is 6.15. The highest BCUT2D eigenvalue weighted by Gasteiger charge is 2.45. The van der Waals surface area contributed by atoms with Gasteiger partial charge >= 0.3 is 0 Å². The molecule has 150 valence electrons. The molecule has 0 radical (unpaired) electrons. The normalized spacial score (nSPS) is 24.0. The van der Waals surface area contributed by atoms with Crippen LogP contribution in [-0.4, -0.2) is 41.0 Å². The SMILES string of the molecule is Cc1ccc(C2CC(O)(c3ccc(N4CCOCC4)cc3)c3cncn32)c(F)c1. The summed E-state index contributed by atoms with van der Waals surface area (Å²) in [5.74, 6) is -0.249. The van der Waals surface area contributed by atoms with Gasteiger partial charge in [0.1, 0.15) is 11.4 Å². The van der Waals surface area contributed by atoms with E-state index in [-0.39, 0.29) is 11.9 Å². The molecule has 2 unspecified atom stereocenters. The Morgan fingerprint density at radius 1 is 1.14 bits per heavy atom. The highest BCUT2D eigenvalue weighted by molar-refractivity contribution is 5.50. The van der Waals surface area contributed by atoms with Crippen LogP contribution in [0.4, 0.5) is 10.1 Å². The molecule has 1 saturated heterocycles. The molecular weight excluding hydrogens is 369 g/mol. The summed E-state index contributed by atoms with van der Waals surface area (Å²) in [6, 6.07) is 13.0. The number of fused-ring (bicyclic) bond motifs is 1. The van der Waals surface area contributed by atoms with Crippen molar-refractivity contribution >= 4 is 5.69 Å². The Morgan fingerprint density at radius 3 is 2.62 bits per heavy atom. The largest absolute Gasteiger partial charge is 0.379 e. The number of imidazole rings is 1. The molecule has 2 aliphatic rings. The molecular formula is C23H24FN3O2. The Balaban J connectivity index is 1.49. The lowest BCUT2D eigenvalue weighted by molar-refractivity contribution is 0.0792. The minimum absolute atomic E-state index is 0.249. The van der Waals surface area contributed by atoms with Crippen LogP contribution in [0.15, 0.2) is 55.0 Å². The van der Waals surface area contributed by atoms with Crippen LogP contribution in [0.25, 0.3) is 0 Å². The van der Waals surface area contributed by atoms with Crippen molar-refractivity contribution in [2.45, 2.75) is 25.0 Å². The van der Waals surface area contributed by atoms with Gasteiger partial charge in [0.25, 0.3) is 0 Å². The Hall–Kier alpha value is -2.70. The Bertz CT molecular complexity index is 1030. The van der Waals surface area contributed by atoms with Crippen molar-refractivity contribution < 1.29 is 14.2 Å². The van der Waals surface area contributed by atoms with Crippen LogP contribution in [0.1, 0.15) is 34.8 Å². The zero-order valence-corrected chi connectivity index (χ0v) is 16.4. The number of aryl methyl sites for hydroxylation is 1. The van der Waals surface area contributed by atoms with Gasteiger partial charge in [-0.25, -0.2) is 9.37 Å². The quantitative estimate of drug-likeness (QED) is 0.741. The molecule has 0 bridgehead atoms. The summed E-state index contributed by atoms with van der Waals surface area (Å²) in [7, 11) is 0. The third kappa shape index (κ3) is 3.03. The molecule has 1 aromatic heterocycles. The summed E-state index contributed by atoms with van der Waals surface area (Å²) in [5.41, 5.74) is 2.86. The average molecular weight is 393 g/mol. The fourth-order valence-corrected chi connectivity index (χ4v) is 4.55. The number of hydrogen-bond acceptors (Lipinski definition) is 4. The number of aromatic nitrogens is 2. The minimum Gasteiger partial charge on any atom is -0.379 e. The second-order valence-corrected chi connectivity index (χ2v) is 7.94. The van der Waals surface area contributed by atoms with Gasteiger partial charge in [0.05, 0.1) is 37.5 Å². The van der Waals surface area contributed by atoms with Crippen molar-refractivity contribution in [3.63, 3.8) is 0 Å². The molecule has 0 saturated carbocycles. The first kappa shape index (κ1) is 18.3. The smallest absolute Gasteiger partial charge is 0.133 e. The molecule has 6 heteroatoms. The van der Waals surface area contributed by atoms with Gasteiger partial charge < -0.3 is 19.3 Å². The standard InChI is InChI=1S/C23H24FN3O2/c1-16-2-7-19(20(24)12-16)21-13-23(28,22-14-25-15-27(21)22)17-3-5-18(6-4-17)26-8-10-29-11-9-26/h2-7,12,14-15,21,28H,8-11,13H2,1H3. The minimum atomic E-state index is -1.21. The lowest BCUT2D eigenvalue weighted by Gasteiger charge is -2.30. The van der Waals surface area contributed by atoms with Gasteiger partial charge in [0, 0.05) is 30.8 Å². The van der Waals surface area contributed by atoms with E-state index in [1.54, 1.807) is 18.6 Å². The molecule has 0 aliphatic carbocycles. The summed E-state index contributed by atoms with van der Waals surface area (Å²) < 4.78 is 22.0. The first-order valence-corrected chi connectivity index (χ1v) is 10.0. The van der Waals surface area contributed by atoms with Crippen LogP contribution < -0.4 is 4.90 Å². The van der Waals surface area contributed by atoms with Crippen LogP contribution in [-0.2, 0) is 10.3 Å². The van der Waals surface area contributed by atoms with Crippen molar-refractivity contribution in [2.75, 3.05) is 31.2 Å². The lowest BCUT2D eigenvalue weighted by atomic mass is 9.86. The number of aliphatic hydroxyl groups is 1. The van der Waals surface area contributed by atoms with Gasteiger partial charge in [0.15, 0.2) is 0 Å². The monoisotopic (exact) mass is 393 g/mol. The molecule has 3 heterocycles. The Labute approximate surface area is 169 Å². The zero-order chi connectivity index (χ0) is 20.0. The second kappa shape index (κ2) is 6.97. The summed E-state index contributed by atoms with van der Waals surface area (Å²) >= 11 is 0. The third-order valence-electron chi connectivity index (χ3n) is 6.15. The Morgan fingerprint density at radius 2 is 1.90 bits per heavy atom. The summed E-state index contributed by atoms with van der Waals surface area (Å²) in [5, 5.41) is 11.7. The number of benzene rings is 2. The van der Waals surface area contributed by atoms with E-state index >= 15 is 0 Å². The molecule has 2 atom stereocenters. The van der Waals surface area contributed by atoms with E-state index in [0.29, 0.717) is 17.7 Å². The van der Waals surface area contributed by atoms with E-state index in [1.807, 2.05) is 47.9 Å². The molecule has 0 amide bonds. The van der Waals surface area contributed by atoms with E-state index < -0.39 is 5.60 Å². The van der Waals surface area contributed by atoms with E-state index in [4.69, 9.17) is 4.74 Å². The van der Waals surface area contributed by atoms with E-state index in [0.717, 1.165) is 43.1 Å². The number of hydrogen-bond donors (Lipinski definition) is 1. The summed E-state index contributed by atoms with van der Waals surface area (Å²) in [4.78, 5) is 6.52. The molecule has 1 N–H and O–H groups in total. The molecule has 2 aromatic carbocycles. The molecule has 3 aromatic rings. The van der Waals surface area contributed by atoms with E-state index in [1.165, 1.54) is 0 Å². The first-order chi connectivity index (χ1) is 14.1. The molecule has 1 fully saturated rings. The van der Waals surface area contributed by atoms with Crippen LogP contribution in [0, 0.1) is 12.7 Å². The van der Waals surface area contributed by atoms with Gasteiger partial charge in [-0.3, -0.25) is 0 Å². The number of morpholine rings is 1. The Kier molecular flexibility index (Phi) is 4.41. The van der Waals surface area contributed by atoms with Crippen molar-refractivity contribution in [1.82, 2.24) is 9.55 Å². The predicted octanol–water partition coefficient (Wildman–Crippen LogP) is 3.40. The number of anilines is 1. The van der Waals surface area contributed by atoms with Crippen LogP contribution >= 0.6 is 0 Å². The molecule has 29 heavy (non-hydrogen) atoms. The molecule has 0 spiro atoms. The highest BCUT2D eigenvalue weighted by atomic mass is 19.1. The van der Waals surface area contributed by atoms with Gasteiger partial charge in [-0.1, -0.05) is 24.3 Å². The van der Waals surface area contributed by atoms with Crippen molar-refractivity contribution in [2.24, 2.45) is 0 Å². The maximum Gasteiger partial charge on any atom is 0.133 e. The van der Waals surface area contributed by atoms with Gasteiger partial charge in [-0.05, 0) is 36.2 Å². The molecule has 5 nitrogen and oxygen atoms in total. The van der Waals surface area contributed by atoms with E-state index in [2.05, 4.69) is 9.88 Å². The number of rotatable bonds is 3. The van der Waals surface area contributed by atoms with Gasteiger partial charge in [-0.2, -0.15) is 0 Å². The van der Waals surface area contributed by atoms with Crippen LogP contribution in [0.5, 0.6) is 0 Å². The van der Waals surface area contributed by atoms with Gasteiger partial charge in [0.2, 0.25) is 0 Å². The van der Waals surface area contributed by atoms with Crippen molar-refractivity contribution in [1.29, 1.82) is 0 Å². The first-order valence-electron chi connectivity index (χ1n) is 10.0. The van der Waals surface area contributed by atoms with Gasteiger partial charge in [-0.15, -0.1) is 0 Å². The van der Waals surface area contributed by atoms with Crippen molar-refractivity contribution in [3.05, 3.63) is 83.2 Å². The fraction of sp³-hybridized carbons (Fsp3) is 0.348. The number of halogens is 1. The average Bonchev–Trinajstić information content (AvgIpc) is 3.33. The zero-order valence-electron chi connectivity index (χ0n) is 16.4. The highest BCUT2D eigenvalue weighted by Crippen LogP contribution is 2.47. The lowest BCUT2D eigenvalue weighted by Crippen LogP contribution is -2.36. The summed E-state index contributed by atoms with van der Waals surface area (Å²) in [6.07, 6.45) is 3.74. The number of ether oxygens (including phenoxy) is 1. The second-order valence-electron chi connectivity index (χ2n) is 7.94. The van der Waals surface area contributed by atoms with Crippen LogP contribution in [0.2, 0.25) is 0 Å². The predicted molar refractivity (Wildman–Crippen MR) is 109 cm³/mol. The maximum atomic E-state index is 14.7. The maximum absolute atomic E-state index is 14.7. The molecule has 2 aliphatic heterocycles. The fourth-order valence-electron chi connectivity index (χ4n) is 4.55. The topological polar surface area (TPSA) is 50.5 Å².